The molecule has 2 aliphatic rings. The molecule has 0 aromatic heterocycles. The zero-order chi connectivity index (χ0) is 15.7. The normalized spacial score (nSPS) is 24.5. The smallest absolute Gasteiger partial charge is 0.267 e. The van der Waals surface area contributed by atoms with Gasteiger partial charge in [-0.3, -0.25) is 4.79 Å². The first-order valence-electron chi connectivity index (χ1n) is 8.39. The number of hydrogen-bond donors (Lipinski definition) is 1. The number of ether oxygens (including phenoxy) is 1. The van der Waals surface area contributed by atoms with Crippen LogP contribution in [0.2, 0.25) is 0 Å². The number of carbonyl (C=O) groups is 1. The number of amides is 1. The third kappa shape index (κ3) is 3.12. The molecule has 2 unspecified atom stereocenters. The van der Waals surface area contributed by atoms with E-state index in [1.807, 2.05) is 17.9 Å². The molecule has 0 bridgehead atoms. The zero-order valence-corrected chi connectivity index (χ0v) is 13.8. The average Bonchev–Trinajstić information content (AvgIpc) is 2.97. The van der Waals surface area contributed by atoms with Gasteiger partial charge in [-0.1, -0.05) is 19.9 Å². The highest BCUT2D eigenvalue weighted by atomic mass is 16.5. The number of fused-ring (bicyclic) bond motifs is 1. The molecule has 120 valence electrons. The Labute approximate surface area is 132 Å². The van der Waals surface area contributed by atoms with Crippen LogP contribution in [-0.4, -0.2) is 31.1 Å². The minimum atomic E-state index is -0.395. The lowest BCUT2D eigenvalue weighted by atomic mass is 10.0. The van der Waals surface area contributed by atoms with Crippen LogP contribution in [0.3, 0.4) is 0 Å². The molecule has 0 aliphatic carbocycles. The number of rotatable bonds is 4. The molecule has 22 heavy (non-hydrogen) atoms. The maximum absolute atomic E-state index is 12.5. The largest absolute Gasteiger partial charge is 0.479 e. The summed E-state index contributed by atoms with van der Waals surface area (Å²) in [6.07, 6.45) is 3.12. The van der Waals surface area contributed by atoms with Crippen molar-refractivity contribution in [1.29, 1.82) is 0 Å². The van der Waals surface area contributed by atoms with Gasteiger partial charge in [-0.15, -0.1) is 0 Å². The van der Waals surface area contributed by atoms with Crippen molar-refractivity contribution in [3.63, 3.8) is 0 Å². The summed E-state index contributed by atoms with van der Waals surface area (Å²) < 4.78 is 5.77. The molecule has 1 aromatic carbocycles. The van der Waals surface area contributed by atoms with Gasteiger partial charge in [0, 0.05) is 12.6 Å². The first-order chi connectivity index (χ1) is 10.5. The van der Waals surface area contributed by atoms with Gasteiger partial charge < -0.3 is 15.0 Å². The summed E-state index contributed by atoms with van der Waals surface area (Å²) in [5.74, 6) is 1.33. The first kappa shape index (κ1) is 15.3. The van der Waals surface area contributed by atoms with Crippen LogP contribution in [0.15, 0.2) is 18.2 Å². The molecule has 1 amide bonds. The molecule has 1 saturated heterocycles. The number of benzene rings is 1. The number of carbonyl (C=O) groups excluding carboxylic acids is 1. The van der Waals surface area contributed by atoms with E-state index in [-0.39, 0.29) is 5.91 Å². The van der Waals surface area contributed by atoms with E-state index in [9.17, 15) is 4.79 Å². The second-order valence-electron chi connectivity index (χ2n) is 6.90. The average molecular weight is 302 g/mol. The molecule has 4 heteroatoms. The lowest BCUT2D eigenvalue weighted by molar-refractivity contribution is -0.125. The molecule has 0 spiro atoms. The van der Waals surface area contributed by atoms with Gasteiger partial charge in [-0.2, -0.15) is 0 Å². The Morgan fingerprint density at radius 1 is 1.41 bits per heavy atom. The van der Waals surface area contributed by atoms with E-state index in [0.717, 1.165) is 30.9 Å². The summed E-state index contributed by atoms with van der Waals surface area (Å²) in [7, 11) is 0. The quantitative estimate of drug-likeness (QED) is 0.930. The van der Waals surface area contributed by atoms with Crippen LogP contribution in [0.5, 0.6) is 5.75 Å². The fraction of sp³-hybridized carbons (Fsp3) is 0.611. The molecule has 2 heterocycles. The molecule has 0 saturated carbocycles. The van der Waals surface area contributed by atoms with Gasteiger partial charge in [0.05, 0.1) is 5.69 Å². The van der Waals surface area contributed by atoms with Gasteiger partial charge in [-0.05, 0) is 56.3 Å². The Morgan fingerprint density at radius 3 is 2.91 bits per heavy atom. The SMILES string of the molecule is CC(C)CN1C(=O)C(C)Oc2ccc(CC3CCCN3)cc21. The summed E-state index contributed by atoms with van der Waals surface area (Å²) in [5, 5.41) is 3.53. The molecule has 4 nitrogen and oxygen atoms in total. The highest BCUT2D eigenvalue weighted by Crippen LogP contribution is 2.35. The Morgan fingerprint density at radius 2 is 2.23 bits per heavy atom. The van der Waals surface area contributed by atoms with Crippen molar-refractivity contribution in [1.82, 2.24) is 5.32 Å². The fourth-order valence-corrected chi connectivity index (χ4v) is 3.35. The van der Waals surface area contributed by atoms with E-state index in [2.05, 4.69) is 31.3 Å². The van der Waals surface area contributed by atoms with Crippen LogP contribution >= 0.6 is 0 Å². The maximum Gasteiger partial charge on any atom is 0.267 e. The van der Waals surface area contributed by atoms with Crippen LogP contribution in [0.25, 0.3) is 0 Å². The molecular weight excluding hydrogens is 276 g/mol. The molecule has 2 atom stereocenters. The van der Waals surface area contributed by atoms with Crippen LogP contribution < -0.4 is 15.0 Å². The van der Waals surface area contributed by atoms with Crippen molar-refractivity contribution < 1.29 is 9.53 Å². The molecular formula is C18H26N2O2. The standard InChI is InChI=1S/C18H26N2O2/c1-12(2)11-20-16-10-14(9-15-5-4-8-19-15)6-7-17(16)22-13(3)18(20)21/h6-7,10,12-13,15,19H,4-5,8-9,11H2,1-3H3. The zero-order valence-electron chi connectivity index (χ0n) is 13.8. The minimum absolute atomic E-state index is 0.0670. The van der Waals surface area contributed by atoms with Crippen molar-refractivity contribution >= 4 is 11.6 Å². The van der Waals surface area contributed by atoms with E-state index >= 15 is 0 Å². The predicted octanol–water partition coefficient (Wildman–Crippen LogP) is 2.75. The lowest BCUT2D eigenvalue weighted by Gasteiger charge is -2.34. The minimum Gasteiger partial charge on any atom is -0.479 e. The van der Waals surface area contributed by atoms with Gasteiger partial charge in [0.25, 0.3) is 5.91 Å². The van der Waals surface area contributed by atoms with Crippen molar-refractivity contribution in [3.8, 4) is 5.75 Å². The number of hydrogen-bond acceptors (Lipinski definition) is 3. The Kier molecular flexibility index (Phi) is 4.39. The van der Waals surface area contributed by atoms with Crippen LogP contribution in [-0.2, 0) is 11.2 Å². The van der Waals surface area contributed by atoms with Crippen molar-refractivity contribution in [2.24, 2.45) is 5.92 Å². The number of anilines is 1. The summed E-state index contributed by atoms with van der Waals surface area (Å²) in [6.45, 7) is 7.96. The van der Waals surface area contributed by atoms with Crippen molar-refractivity contribution in [3.05, 3.63) is 23.8 Å². The van der Waals surface area contributed by atoms with E-state index in [4.69, 9.17) is 4.74 Å². The van der Waals surface area contributed by atoms with Crippen molar-refractivity contribution in [2.45, 2.75) is 52.2 Å². The fourth-order valence-electron chi connectivity index (χ4n) is 3.35. The van der Waals surface area contributed by atoms with Gasteiger partial charge >= 0.3 is 0 Å². The van der Waals surface area contributed by atoms with Gasteiger partial charge in [0.15, 0.2) is 6.10 Å². The highest BCUT2D eigenvalue weighted by molar-refractivity contribution is 5.99. The lowest BCUT2D eigenvalue weighted by Crippen LogP contribution is -2.46. The molecule has 1 aromatic rings. The molecule has 3 rings (SSSR count). The summed E-state index contributed by atoms with van der Waals surface area (Å²) >= 11 is 0. The maximum atomic E-state index is 12.5. The predicted molar refractivity (Wildman–Crippen MR) is 88.5 cm³/mol. The third-order valence-electron chi connectivity index (χ3n) is 4.42. The third-order valence-corrected chi connectivity index (χ3v) is 4.42. The van der Waals surface area contributed by atoms with E-state index in [1.54, 1.807) is 0 Å². The number of nitrogens with one attached hydrogen (secondary N) is 1. The van der Waals surface area contributed by atoms with E-state index < -0.39 is 6.10 Å². The van der Waals surface area contributed by atoms with Crippen molar-refractivity contribution in [2.75, 3.05) is 18.0 Å². The van der Waals surface area contributed by atoms with Gasteiger partial charge in [0.2, 0.25) is 0 Å². The second-order valence-corrected chi connectivity index (χ2v) is 6.90. The van der Waals surface area contributed by atoms with Crippen LogP contribution in [0.1, 0.15) is 39.2 Å². The number of nitrogens with zero attached hydrogens (tertiary/aromatic N) is 1. The van der Waals surface area contributed by atoms with Gasteiger partial charge in [0.1, 0.15) is 5.75 Å². The van der Waals surface area contributed by atoms with Gasteiger partial charge in [-0.25, -0.2) is 0 Å². The topological polar surface area (TPSA) is 41.6 Å². The molecule has 1 N–H and O–H groups in total. The molecule has 0 radical (unpaired) electrons. The monoisotopic (exact) mass is 302 g/mol. The summed E-state index contributed by atoms with van der Waals surface area (Å²) in [6, 6.07) is 6.86. The van der Waals surface area contributed by atoms with E-state index in [1.165, 1.54) is 18.4 Å². The van der Waals surface area contributed by atoms with Crippen LogP contribution in [0.4, 0.5) is 5.69 Å². The highest BCUT2D eigenvalue weighted by Gasteiger charge is 2.32. The molecule has 1 fully saturated rings. The van der Waals surface area contributed by atoms with E-state index in [0.29, 0.717) is 12.0 Å². The molecule has 2 aliphatic heterocycles. The summed E-state index contributed by atoms with van der Waals surface area (Å²) in [4.78, 5) is 14.4. The Hall–Kier alpha value is -1.55. The Bertz CT molecular complexity index is 550. The van der Waals surface area contributed by atoms with Crippen LogP contribution in [0, 0.1) is 5.92 Å². The Balaban J connectivity index is 1.87. The summed E-state index contributed by atoms with van der Waals surface area (Å²) in [5.41, 5.74) is 2.21. The second kappa shape index (κ2) is 6.29. The first-order valence-corrected chi connectivity index (χ1v) is 8.39.